The predicted octanol–water partition coefficient (Wildman–Crippen LogP) is 3.36. The van der Waals surface area contributed by atoms with Crippen LogP contribution in [0.2, 0.25) is 5.02 Å². The molecule has 24 heavy (non-hydrogen) atoms. The van der Waals surface area contributed by atoms with Gasteiger partial charge in [-0.2, -0.15) is 0 Å². The lowest BCUT2D eigenvalue weighted by Gasteiger charge is -2.12. The number of hydrogen-bond acceptors (Lipinski definition) is 5. The van der Waals surface area contributed by atoms with Crippen LogP contribution in [0.1, 0.15) is 11.1 Å². The maximum atomic E-state index is 11.5. The highest BCUT2D eigenvalue weighted by Gasteiger charge is 2.22. The molecule has 0 radical (unpaired) electrons. The van der Waals surface area contributed by atoms with Gasteiger partial charge in [-0.25, -0.2) is 4.79 Å². The van der Waals surface area contributed by atoms with Crippen molar-refractivity contribution in [1.82, 2.24) is 0 Å². The Hall–Kier alpha value is -2.73. The zero-order chi connectivity index (χ0) is 17.5. The molecular weight excluding hydrogens is 334 g/mol. The molecule has 0 aliphatic rings. The van der Waals surface area contributed by atoms with Crippen molar-refractivity contribution in [2.24, 2.45) is 5.16 Å². The quantitative estimate of drug-likeness (QED) is 0.612. The topological polar surface area (TPSA) is 77.4 Å². The molecule has 0 bridgehead atoms. The van der Waals surface area contributed by atoms with Crippen LogP contribution in [0.5, 0.6) is 11.5 Å². The third kappa shape index (κ3) is 3.97. The number of oxime groups is 1. The minimum atomic E-state index is -1.27. The van der Waals surface area contributed by atoms with Crippen molar-refractivity contribution < 1.29 is 24.2 Å². The van der Waals surface area contributed by atoms with E-state index in [9.17, 15) is 9.90 Å². The van der Waals surface area contributed by atoms with Crippen molar-refractivity contribution >= 4 is 23.3 Å². The SMILES string of the molecule is COc1ccc(C(=NOCc2ccccc2)C(=O)O)c(Cl)c1OC. The van der Waals surface area contributed by atoms with Crippen LogP contribution in [0.25, 0.3) is 0 Å². The second kappa shape index (κ2) is 8.21. The first-order valence-electron chi connectivity index (χ1n) is 6.96. The summed E-state index contributed by atoms with van der Waals surface area (Å²) in [7, 11) is 2.88. The van der Waals surface area contributed by atoms with Crippen LogP contribution in [0.15, 0.2) is 47.6 Å². The molecule has 7 heteroatoms. The van der Waals surface area contributed by atoms with Crippen molar-refractivity contribution in [1.29, 1.82) is 0 Å². The molecule has 0 amide bonds. The Balaban J connectivity index is 2.30. The summed E-state index contributed by atoms with van der Waals surface area (Å²) in [6, 6.07) is 12.3. The normalized spacial score (nSPS) is 11.0. The second-order valence-electron chi connectivity index (χ2n) is 4.67. The summed E-state index contributed by atoms with van der Waals surface area (Å²) in [6.45, 7) is 0.141. The minimum absolute atomic E-state index is 0.0845. The lowest BCUT2D eigenvalue weighted by Crippen LogP contribution is -2.16. The first-order chi connectivity index (χ1) is 11.6. The Bertz CT molecular complexity index is 746. The number of carboxylic acids is 1. The zero-order valence-electron chi connectivity index (χ0n) is 13.2. The molecule has 0 saturated carbocycles. The molecule has 0 saturated heterocycles. The Morgan fingerprint density at radius 2 is 1.83 bits per heavy atom. The van der Waals surface area contributed by atoms with E-state index < -0.39 is 5.97 Å². The van der Waals surface area contributed by atoms with Crippen LogP contribution in [0.4, 0.5) is 0 Å². The first-order valence-corrected chi connectivity index (χ1v) is 7.34. The molecule has 2 aromatic carbocycles. The fraction of sp³-hybridized carbons (Fsp3) is 0.176. The van der Waals surface area contributed by atoms with Gasteiger partial charge >= 0.3 is 5.97 Å². The number of ether oxygens (including phenoxy) is 2. The predicted molar refractivity (Wildman–Crippen MR) is 90.0 cm³/mol. The largest absolute Gasteiger partial charge is 0.493 e. The van der Waals surface area contributed by atoms with Gasteiger partial charge in [0.25, 0.3) is 0 Å². The number of carboxylic acid groups (broad SMARTS) is 1. The molecule has 0 atom stereocenters. The molecule has 0 unspecified atom stereocenters. The number of aliphatic carboxylic acids is 1. The molecular formula is C17H16ClNO5. The number of benzene rings is 2. The van der Waals surface area contributed by atoms with Gasteiger partial charge < -0.3 is 19.4 Å². The summed E-state index contributed by atoms with van der Waals surface area (Å²) in [5.74, 6) is -0.646. The number of hydrogen-bond donors (Lipinski definition) is 1. The molecule has 126 valence electrons. The van der Waals surface area contributed by atoms with Crippen molar-refractivity contribution in [3.05, 3.63) is 58.6 Å². The zero-order valence-corrected chi connectivity index (χ0v) is 13.9. The number of halogens is 1. The van der Waals surface area contributed by atoms with Crippen molar-refractivity contribution in [2.75, 3.05) is 14.2 Å². The van der Waals surface area contributed by atoms with Gasteiger partial charge in [-0.1, -0.05) is 47.1 Å². The van der Waals surface area contributed by atoms with E-state index in [4.69, 9.17) is 25.9 Å². The van der Waals surface area contributed by atoms with E-state index in [0.717, 1.165) is 5.56 Å². The van der Waals surface area contributed by atoms with E-state index in [1.807, 2.05) is 30.3 Å². The van der Waals surface area contributed by atoms with E-state index in [2.05, 4.69) is 5.16 Å². The van der Waals surface area contributed by atoms with E-state index in [1.165, 1.54) is 20.3 Å². The van der Waals surface area contributed by atoms with E-state index in [-0.39, 0.29) is 28.7 Å². The molecule has 6 nitrogen and oxygen atoms in total. The monoisotopic (exact) mass is 349 g/mol. The molecule has 0 spiro atoms. The average Bonchev–Trinajstić information content (AvgIpc) is 2.59. The lowest BCUT2D eigenvalue weighted by molar-refractivity contribution is -0.129. The molecule has 0 heterocycles. The highest BCUT2D eigenvalue weighted by Crippen LogP contribution is 2.37. The van der Waals surface area contributed by atoms with Gasteiger partial charge in [-0.05, 0) is 17.7 Å². The lowest BCUT2D eigenvalue weighted by atomic mass is 10.1. The number of rotatable bonds is 7. The van der Waals surface area contributed by atoms with Crippen LogP contribution >= 0.6 is 11.6 Å². The summed E-state index contributed by atoms with van der Waals surface area (Å²) in [4.78, 5) is 16.7. The van der Waals surface area contributed by atoms with Gasteiger partial charge in [-0.15, -0.1) is 0 Å². The summed E-state index contributed by atoms with van der Waals surface area (Å²) >= 11 is 6.22. The highest BCUT2D eigenvalue weighted by molar-refractivity contribution is 6.47. The maximum Gasteiger partial charge on any atom is 0.358 e. The average molecular weight is 350 g/mol. The van der Waals surface area contributed by atoms with E-state index >= 15 is 0 Å². The number of carbonyl (C=O) groups is 1. The molecule has 2 rings (SSSR count). The van der Waals surface area contributed by atoms with Crippen molar-refractivity contribution in [3.8, 4) is 11.5 Å². The molecule has 1 N–H and O–H groups in total. The summed E-state index contributed by atoms with van der Waals surface area (Å²) in [5, 5.41) is 13.2. The van der Waals surface area contributed by atoms with Gasteiger partial charge in [-0.3, -0.25) is 0 Å². The Labute approximate surface area is 144 Å². The molecule has 0 aliphatic carbocycles. The highest BCUT2D eigenvalue weighted by atomic mass is 35.5. The Kier molecular flexibility index (Phi) is 6.03. The second-order valence-corrected chi connectivity index (χ2v) is 5.04. The molecule has 0 fully saturated rings. The Morgan fingerprint density at radius 1 is 1.12 bits per heavy atom. The van der Waals surface area contributed by atoms with Gasteiger partial charge in [0.15, 0.2) is 17.2 Å². The molecule has 0 aromatic heterocycles. The maximum absolute atomic E-state index is 11.5. The summed E-state index contributed by atoms with van der Waals surface area (Å²) in [5.41, 5.74) is 0.719. The van der Waals surface area contributed by atoms with Crippen molar-refractivity contribution in [2.45, 2.75) is 6.61 Å². The van der Waals surface area contributed by atoms with Crippen molar-refractivity contribution in [3.63, 3.8) is 0 Å². The van der Waals surface area contributed by atoms with Crippen LogP contribution < -0.4 is 9.47 Å². The van der Waals surface area contributed by atoms with Crippen LogP contribution in [-0.2, 0) is 16.2 Å². The van der Waals surface area contributed by atoms with Crippen LogP contribution in [-0.4, -0.2) is 31.0 Å². The van der Waals surface area contributed by atoms with E-state index in [1.54, 1.807) is 6.07 Å². The van der Waals surface area contributed by atoms with Gasteiger partial charge in [0.05, 0.1) is 19.2 Å². The summed E-state index contributed by atoms with van der Waals surface area (Å²) in [6.07, 6.45) is 0. The fourth-order valence-corrected chi connectivity index (χ4v) is 2.34. The summed E-state index contributed by atoms with van der Waals surface area (Å²) < 4.78 is 10.3. The smallest absolute Gasteiger partial charge is 0.358 e. The first kappa shape index (κ1) is 17.6. The molecule has 2 aromatic rings. The minimum Gasteiger partial charge on any atom is -0.493 e. The molecule has 0 aliphatic heterocycles. The van der Waals surface area contributed by atoms with Gasteiger partial charge in [0, 0.05) is 5.56 Å². The van der Waals surface area contributed by atoms with E-state index in [0.29, 0.717) is 5.75 Å². The van der Waals surface area contributed by atoms with Gasteiger partial charge in [0.1, 0.15) is 6.61 Å². The van der Waals surface area contributed by atoms with Crippen LogP contribution in [0.3, 0.4) is 0 Å². The third-order valence-corrected chi connectivity index (χ3v) is 3.55. The Morgan fingerprint density at radius 3 is 2.42 bits per heavy atom. The fourth-order valence-electron chi connectivity index (χ4n) is 2.02. The third-order valence-electron chi connectivity index (χ3n) is 3.17. The number of methoxy groups -OCH3 is 2. The van der Waals surface area contributed by atoms with Gasteiger partial charge in [0.2, 0.25) is 0 Å². The van der Waals surface area contributed by atoms with Crippen LogP contribution in [0, 0.1) is 0 Å². The standard InChI is InChI=1S/C17H16ClNO5/c1-22-13-9-8-12(14(18)16(13)23-2)15(17(20)21)19-24-10-11-6-4-3-5-7-11/h3-9H,10H2,1-2H3,(H,20,21). The number of nitrogens with zero attached hydrogens (tertiary/aromatic N) is 1.